The van der Waals surface area contributed by atoms with Crippen molar-refractivity contribution in [1.29, 1.82) is 0 Å². The predicted octanol–water partition coefficient (Wildman–Crippen LogP) is 2.49. The fourth-order valence-electron chi connectivity index (χ4n) is 3.15. The van der Waals surface area contributed by atoms with Crippen molar-refractivity contribution >= 4 is 10.0 Å². The van der Waals surface area contributed by atoms with Crippen LogP contribution in [0, 0.1) is 11.6 Å². The zero-order chi connectivity index (χ0) is 20.3. The van der Waals surface area contributed by atoms with Crippen LogP contribution >= 0.6 is 0 Å². The molecule has 2 aromatic rings. The van der Waals surface area contributed by atoms with E-state index in [1.54, 1.807) is 12.1 Å². The fourth-order valence-corrected chi connectivity index (χ4v) is 4.74. The van der Waals surface area contributed by atoms with Gasteiger partial charge in [0.25, 0.3) is 0 Å². The molecule has 2 aromatic carbocycles. The minimum Gasteiger partial charge on any atom is -0.497 e. The highest BCUT2D eigenvalue weighted by molar-refractivity contribution is 7.89. The second kappa shape index (κ2) is 8.42. The average Bonchev–Trinajstić information content (AvgIpc) is 2.70. The van der Waals surface area contributed by atoms with Gasteiger partial charge in [-0.25, -0.2) is 17.2 Å². The number of benzene rings is 2. The molecule has 0 bridgehead atoms. The molecule has 0 radical (unpaired) electrons. The third-order valence-electron chi connectivity index (χ3n) is 4.71. The molecule has 0 amide bonds. The molecule has 0 aliphatic carbocycles. The maximum atomic E-state index is 13.4. The van der Waals surface area contributed by atoms with E-state index in [4.69, 9.17) is 9.47 Å². The maximum absolute atomic E-state index is 13.4. The molecule has 0 aromatic heterocycles. The Morgan fingerprint density at radius 1 is 0.929 bits per heavy atom. The smallest absolute Gasteiger partial charge is 0.246 e. The number of sulfonamides is 1. The summed E-state index contributed by atoms with van der Waals surface area (Å²) in [5, 5.41) is 0. The highest BCUT2D eigenvalue weighted by atomic mass is 32.2. The third-order valence-corrected chi connectivity index (χ3v) is 6.63. The van der Waals surface area contributed by atoms with Gasteiger partial charge in [0, 0.05) is 38.8 Å². The minimum atomic E-state index is -3.75. The van der Waals surface area contributed by atoms with Gasteiger partial charge in [0.2, 0.25) is 10.0 Å². The van der Waals surface area contributed by atoms with Gasteiger partial charge in [-0.1, -0.05) is 6.07 Å². The first-order chi connectivity index (χ1) is 13.3. The molecule has 1 aliphatic rings. The number of nitrogens with zero attached hydrogens (tertiary/aromatic N) is 2. The minimum absolute atomic E-state index is 0.0587. The van der Waals surface area contributed by atoms with Gasteiger partial charge in [0.05, 0.1) is 14.2 Å². The number of piperazine rings is 1. The van der Waals surface area contributed by atoms with Crippen LogP contribution < -0.4 is 9.47 Å². The Hall–Kier alpha value is -2.23. The third kappa shape index (κ3) is 4.26. The fraction of sp³-hybridized carbons (Fsp3) is 0.368. The quantitative estimate of drug-likeness (QED) is 0.730. The second-order valence-corrected chi connectivity index (χ2v) is 8.35. The number of hydrogen-bond acceptors (Lipinski definition) is 5. The molecule has 0 N–H and O–H groups in total. The Morgan fingerprint density at radius 3 is 2.25 bits per heavy atom. The molecule has 0 spiro atoms. The summed E-state index contributed by atoms with van der Waals surface area (Å²) in [6.07, 6.45) is 0. The van der Waals surface area contributed by atoms with Crippen molar-refractivity contribution in [3.05, 3.63) is 53.6 Å². The first-order valence-electron chi connectivity index (χ1n) is 8.73. The van der Waals surface area contributed by atoms with Gasteiger partial charge >= 0.3 is 0 Å². The Bertz CT molecular complexity index is 945. The van der Waals surface area contributed by atoms with E-state index in [0.29, 0.717) is 30.9 Å². The molecule has 28 heavy (non-hydrogen) atoms. The predicted molar refractivity (Wildman–Crippen MR) is 99.9 cm³/mol. The standard InChI is InChI=1S/C19H22F2N2O4S/c1-26-15-4-6-18(27-2)19(12-15)28(24,25)23-9-7-22(8-10-23)13-14-3-5-16(20)17(21)11-14/h3-6,11-12H,7-10,13H2,1-2H3. The van der Waals surface area contributed by atoms with Crippen molar-refractivity contribution < 1.29 is 26.7 Å². The van der Waals surface area contributed by atoms with Gasteiger partial charge in [-0.2, -0.15) is 4.31 Å². The molecule has 1 aliphatic heterocycles. The van der Waals surface area contributed by atoms with Crippen LogP contribution in [0.3, 0.4) is 0 Å². The van der Waals surface area contributed by atoms with Crippen molar-refractivity contribution in [2.75, 3.05) is 40.4 Å². The molecule has 1 fully saturated rings. The van der Waals surface area contributed by atoms with Gasteiger partial charge in [-0.05, 0) is 29.8 Å². The van der Waals surface area contributed by atoms with Gasteiger partial charge in [0.15, 0.2) is 11.6 Å². The molecule has 0 atom stereocenters. The number of methoxy groups -OCH3 is 2. The summed E-state index contributed by atoms with van der Waals surface area (Å²) in [7, 11) is -0.869. The van der Waals surface area contributed by atoms with Crippen molar-refractivity contribution in [1.82, 2.24) is 9.21 Å². The van der Waals surface area contributed by atoms with Crippen LogP contribution in [0.5, 0.6) is 11.5 Å². The van der Waals surface area contributed by atoms with Gasteiger partial charge in [-0.3, -0.25) is 4.90 Å². The van der Waals surface area contributed by atoms with Gasteiger partial charge in [0.1, 0.15) is 16.4 Å². The SMILES string of the molecule is COc1ccc(OC)c(S(=O)(=O)N2CCN(Cc3ccc(F)c(F)c3)CC2)c1. The first kappa shape index (κ1) is 20.5. The van der Waals surface area contributed by atoms with E-state index >= 15 is 0 Å². The highest BCUT2D eigenvalue weighted by Crippen LogP contribution is 2.31. The summed E-state index contributed by atoms with van der Waals surface area (Å²) < 4.78 is 64.3. The van der Waals surface area contributed by atoms with Crippen molar-refractivity contribution in [2.24, 2.45) is 0 Å². The van der Waals surface area contributed by atoms with Crippen molar-refractivity contribution in [2.45, 2.75) is 11.4 Å². The molecule has 152 valence electrons. The van der Waals surface area contributed by atoms with E-state index in [1.807, 2.05) is 4.90 Å². The molecule has 1 saturated heterocycles. The molecule has 0 saturated carbocycles. The molecule has 9 heteroatoms. The highest BCUT2D eigenvalue weighted by Gasteiger charge is 2.31. The first-order valence-corrected chi connectivity index (χ1v) is 10.2. The summed E-state index contributed by atoms with van der Waals surface area (Å²) in [5.41, 5.74) is 0.643. The molecular formula is C19H22F2N2O4S. The van der Waals surface area contributed by atoms with Crippen LogP contribution in [0.25, 0.3) is 0 Å². The number of ether oxygens (including phenoxy) is 2. The van der Waals surface area contributed by atoms with Crippen molar-refractivity contribution in [3.63, 3.8) is 0 Å². The monoisotopic (exact) mass is 412 g/mol. The van der Waals surface area contributed by atoms with Gasteiger partial charge < -0.3 is 9.47 Å². The summed E-state index contributed by atoms with van der Waals surface area (Å²) in [4.78, 5) is 2.06. The normalized spacial score (nSPS) is 16.1. The summed E-state index contributed by atoms with van der Waals surface area (Å²) >= 11 is 0. The van der Waals surface area contributed by atoms with Crippen LogP contribution in [-0.4, -0.2) is 58.0 Å². The van der Waals surface area contributed by atoms with E-state index in [9.17, 15) is 17.2 Å². The lowest BCUT2D eigenvalue weighted by Gasteiger charge is -2.34. The number of halogens is 2. The van der Waals surface area contributed by atoms with E-state index in [1.165, 1.54) is 36.7 Å². The molecular weight excluding hydrogens is 390 g/mol. The van der Waals surface area contributed by atoms with Crippen LogP contribution in [-0.2, 0) is 16.6 Å². The lowest BCUT2D eigenvalue weighted by Crippen LogP contribution is -2.48. The molecule has 3 rings (SSSR count). The van der Waals surface area contributed by atoms with E-state index in [2.05, 4.69) is 0 Å². The number of hydrogen-bond donors (Lipinski definition) is 0. The zero-order valence-electron chi connectivity index (χ0n) is 15.7. The average molecular weight is 412 g/mol. The lowest BCUT2D eigenvalue weighted by molar-refractivity contribution is 0.181. The summed E-state index contributed by atoms with van der Waals surface area (Å²) in [5.74, 6) is -1.09. The second-order valence-electron chi connectivity index (χ2n) is 6.45. The van der Waals surface area contributed by atoms with Crippen LogP contribution in [0.2, 0.25) is 0 Å². The van der Waals surface area contributed by atoms with E-state index in [0.717, 1.165) is 6.07 Å². The Morgan fingerprint density at radius 2 is 1.64 bits per heavy atom. The van der Waals surface area contributed by atoms with E-state index in [-0.39, 0.29) is 23.7 Å². The number of rotatable bonds is 6. The zero-order valence-corrected chi connectivity index (χ0v) is 16.5. The largest absolute Gasteiger partial charge is 0.497 e. The summed E-state index contributed by atoms with van der Waals surface area (Å²) in [6.45, 7) is 1.95. The topological polar surface area (TPSA) is 59.1 Å². The maximum Gasteiger partial charge on any atom is 0.246 e. The Labute approximate surface area is 163 Å². The van der Waals surface area contributed by atoms with Crippen LogP contribution in [0.1, 0.15) is 5.56 Å². The Kier molecular flexibility index (Phi) is 6.17. The molecule has 0 unspecified atom stereocenters. The Balaban J connectivity index is 1.71. The molecule has 1 heterocycles. The lowest BCUT2D eigenvalue weighted by atomic mass is 10.2. The van der Waals surface area contributed by atoms with Crippen LogP contribution in [0.15, 0.2) is 41.3 Å². The van der Waals surface area contributed by atoms with Crippen molar-refractivity contribution in [3.8, 4) is 11.5 Å². The summed E-state index contributed by atoms with van der Waals surface area (Å²) in [6, 6.07) is 8.44. The molecule has 6 nitrogen and oxygen atoms in total. The van der Waals surface area contributed by atoms with Gasteiger partial charge in [-0.15, -0.1) is 0 Å². The van der Waals surface area contributed by atoms with Crippen LogP contribution in [0.4, 0.5) is 8.78 Å². The van der Waals surface area contributed by atoms with E-state index < -0.39 is 21.7 Å².